The van der Waals surface area contributed by atoms with Gasteiger partial charge >= 0.3 is 0 Å². The molecule has 0 atom stereocenters. The first-order chi connectivity index (χ1) is 4.74. The summed E-state index contributed by atoms with van der Waals surface area (Å²) in [5.41, 5.74) is 5.26. The maximum atomic E-state index is 10.6. The molecule has 0 bridgehead atoms. The first kappa shape index (κ1) is 10.2. The van der Waals surface area contributed by atoms with Crippen molar-refractivity contribution in [3.8, 4) is 0 Å². The number of rotatable bonds is 2. The summed E-state index contributed by atoms with van der Waals surface area (Å²) in [7, 11) is 0. The van der Waals surface area contributed by atoms with E-state index in [1.165, 1.54) is 6.92 Å². The van der Waals surface area contributed by atoms with Gasteiger partial charge in [0.05, 0.1) is 6.54 Å². The Labute approximate surface area is 71.0 Å². The van der Waals surface area contributed by atoms with Crippen molar-refractivity contribution in [1.82, 2.24) is 0 Å². The fraction of sp³-hybridized carbons (Fsp3) is 0.286. The predicted molar refractivity (Wildman–Crippen MR) is 43.9 cm³/mol. The molecule has 11 heavy (non-hydrogen) atoms. The van der Waals surface area contributed by atoms with E-state index in [2.05, 4.69) is 0 Å². The highest BCUT2D eigenvalue weighted by Gasteiger charge is 2.03. The number of carbonyl (C=O) groups is 1. The Morgan fingerprint density at radius 2 is 2.27 bits per heavy atom. The van der Waals surface area contributed by atoms with E-state index in [9.17, 15) is 4.79 Å². The topological polar surface area (TPSA) is 56.2 Å². The normalized spacial score (nSPS) is 8.91. The molecule has 0 unspecified atom stereocenters. The van der Waals surface area contributed by atoms with Gasteiger partial charge in [0.1, 0.15) is 5.76 Å². The van der Waals surface area contributed by atoms with Gasteiger partial charge in [-0.3, -0.25) is 4.79 Å². The van der Waals surface area contributed by atoms with Crippen LogP contribution < -0.4 is 5.73 Å². The molecule has 0 saturated heterocycles. The monoisotopic (exact) mass is 175 g/mol. The second-order valence-corrected chi connectivity index (χ2v) is 2.03. The molecular formula is C7H10ClNO2. The van der Waals surface area contributed by atoms with Gasteiger partial charge in [-0.25, -0.2) is 0 Å². The average Bonchev–Trinajstić information content (AvgIpc) is 2.34. The van der Waals surface area contributed by atoms with E-state index in [0.29, 0.717) is 18.1 Å². The van der Waals surface area contributed by atoms with Crippen LogP contribution in [0.5, 0.6) is 0 Å². The summed E-state index contributed by atoms with van der Waals surface area (Å²) in [5.74, 6) is 0.949. The van der Waals surface area contributed by atoms with Crippen molar-refractivity contribution in [2.24, 2.45) is 5.73 Å². The highest BCUT2D eigenvalue weighted by atomic mass is 35.5. The van der Waals surface area contributed by atoms with Crippen molar-refractivity contribution in [3.05, 3.63) is 23.7 Å². The lowest BCUT2D eigenvalue weighted by Gasteiger charge is -1.86. The minimum atomic E-state index is -0.0697. The molecule has 0 aliphatic rings. The van der Waals surface area contributed by atoms with Crippen LogP contribution in [0.2, 0.25) is 0 Å². The van der Waals surface area contributed by atoms with Gasteiger partial charge in [0.15, 0.2) is 11.5 Å². The third-order valence-electron chi connectivity index (χ3n) is 1.21. The SMILES string of the molecule is CC(=O)c1ccc(CN)o1.Cl. The van der Waals surface area contributed by atoms with Gasteiger partial charge in [0.25, 0.3) is 0 Å². The van der Waals surface area contributed by atoms with Crippen LogP contribution in [-0.4, -0.2) is 5.78 Å². The van der Waals surface area contributed by atoms with E-state index >= 15 is 0 Å². The molecule has 1 aromatic heterocycles. The summed E-state index contributed by atoms with van der Waals surface area (Å²) in [5, 5.41) is 0. The van der Waals surface area contributed by atoms with Crippen molar-refractivity contribution in [2.75, 3.05) is 0 Å². The highest BCUT2D eigenvalue weighted by molar-refractivity contribution is 5.91. The molecule has 0 aliphatic heterocycles. The number of hydrogen-bond acceptors (Lipinski definition) is 3. The molecule has 0 aromatic carbocycles. The maximum absolute atomic E-state index is 10.6. The van der Waals surface area contributed by atoms with Crippen molar-refractivity contribution in [1.29, 1.82) is 0 Å². The van der Waals surface area contributed by atoms with Crippen molar-refractivity contribution >= 4 is 18.2 Å². The zero-order chi connectivity index (χ0) is 7.56. The Kier molecular flexibility index (Phi) is 3.85. The number of nitrogens with two attached hydrogens (primary N) is 1. The predicted octanol–water partition coefficient (Wildman–Crippen LogP) is 1.36. The fourth-order valence-corrected chi connectivity index (χ4v) is 0.677. The van der Waals surface area contributed by atoms with Gasteiger partial charge in [-0.05, 0) is 12.1 Å². The standard InChI is InChI=1S/C7H9NO2.ClH/c1-5(9)7-3-2-6(4-8)10-7;/h2-3H,4,8H2,1H3;1H. The van der Waals surface area contributed by atoms with Crippen LogP contribution in [0.1, 0.15) is 23.2 Å². The second kappa shape index (κ2) is 4.16. The Bertz CT molecular complexity index is 244. The highest BCUT2D eigenvalue weighted by Crippen LogP contribution is 2.06. The summed E-state index contributed by atoms with van der Waals surface area (Å²) >= 11 is 0. The fourth-order valence-electron chi connectivity index (χ4n) is 0.677. The summed E-state index contributed by atoms with van der Waals surface area (Å²) in [6.45, 7) is 1.80. The molecule has 0 spiro atoms. The van der Waals surface area contributed by atoms with Crippen LogP contribution in [0.3, 0.4) is 0 Å². The van der Waals surface area contributed by atoms with E-state index in [-0.39, 0.29) is 18.2 Å². The molecule has 0 radical (unpaired) electrons. The van der Waals surface area contributed by atoms with Gasteiger partial charge in [0.2, 0.25) is 0 Å². The molecule has 2 N–H and O–H groups in total. The molecule has 1 rings (SSSR count). The lowest BCUT2D eigenvalue weighted by molar-refractivity contribution is 0.0985. The van der Waals surface area contributed by atoms with Crippen LogP contribution in [0, 0.1) is 0 Å². The molecular weight excluding hydrogens is 166 g/mol. The first-order valence-corrected chi connectivity index (χ1v) is 3.03. The number of furan rings is 1. The molecule has 62 valence electrons. The van der Waals surface area contributed by atoms with E-state index in [0.717, 1.165) is 0 Å². The molecule has 0 amide bonds. The summed E-state index contributed by atoms with van der Waals surface area (Å²) in [6.07, 6.45) is 0. The van der Waals surface area contributed by atoms with Gasteiger partial charge in [0, 0.05) is 6.92 Å². The number of carbonyl (C=O) groups excluding carboxylic acids is 1. The first-order valence-electron chi connectivity index (χ1n) is 3.03. The third-order valence-corrected chi connectivity index (χ3v) is 1.21. The average molecular weight is 176 g/mol. The van der Waals surface area contributed by atoms with Crippen LogP contribution >= 0.6 is 12.4 Å². The van der Waals surface area contributed by atoms with E-state index in [1.807, 2.05) is 0 Å². The summed E-state index contributed by atoms with van der Waals surface area (Å²) in [6, 6.07) is 3.33. The molecule has 4 heteroatoms. The van der Waals surface area contributed by atoms with Crippen molar-refractivity contribution in [3.63, 3.8) is 0 Å². The van der Waals surface area contributed by atoms with Crippen LogP contribution in [-0.2, 0) is 6.54 Å². The quantitative estimate of drug-likeness (QED) is 0.691. The van der Waals surface area contributed by atoms with E-state index in [4.69, 9.17) is 10.2 Å². The number of Topliss-reactive ketones (excluding diaryl/α,β-unsaturated/α-hetero) is 1. The van der Waals surface area contributed by atoms with Gasteiger partial charge in [-0.2, -0.15) is 0 Å². The minimum absolute atomic E-state index is 0. The Morgan fingerprint density at radius 3 is 2.55 bits per heavy atom. The van der Waals surface area contributed by atoms with E-state index < -0.39 is 0 Å². The summed E-state index contributed by atoms with van der Waals surface area (Å²) < 4.78 is 5.02. The Hall–Kier alpha value is -0.800. The van der Waals surface area contributed by atoms with Gasteiger partial charge < -0.3 is 10.2 Å². The van der Waals surface area contributed by atoms with Gasteiger partial charge in [-0.15, -0.1) is 12.4 Å². The Balaban J connectivity index is 0.000001000. The smallest absolute Gasteiger partial charge is 0.194 e. The molecule has 1 aromatic rings. The lowest BCUT2D eigenvalue weighted by atomic mass is 10.3. The van der Waals surface area contributed by atoms with Crippen LogP contribution in [0.25, 0.3) is 0 Å². The second-order valence-electron chi connectivity index (χ2n) is 2.03. The van der Waals surface area contributed by atoms with E-state index in [1.54, 1.807) is 12.1 Å². The zero-order valence-corrected chi connectivity index (χ0v) is 6.98. The zero-order valence-electron chi connectivity index (χ0n) is 6.16. The number of halogens is 1. The number of hydrogen-bond donors (Lipinski definition) is 1. The number of ketones is 1. The molecule has 0 saturated carbocycles. The lowest BCUT2D eigenvalue weighted by Crippen LogP contribution is -1.93. The van der Waals surface area contributed by atoms with Crippen molar-refractivity contribution in [2.45, 2.75) is 13.5 Å². The van der Waals surface area contributed by atoms with Crippen LogP contribution in [0.15, 0.2) is 16.5 Å². The van der Waals surface area contributed by atoms with Crippen LogP contribution in [0.4, 0.5) is 0 Å². The largest absolute Gasteiger partial charge is 0.457 e. The van der Waals surface area contributed by atoms with Crippen molar-refractivity contribution < 1.29 is 9.21 Å². The molecule has 3 nitrogen and oxygen atoms in total. The molecule has 1 heterocycles. The molecule has 0 fully saturated rings. The maximum Gasteiger partial charge on any atom is 0.194 e. The Morgan fingerprint density at radius 1 is 1.64 bits per heavy atom. The minimum Gasteiger partial charge on any atom is -0.457 e. The molecule has 0 aliphatic carbocycles. The van der Waals surface area contributed by atoms with Gasteiger partial charge in [-0.1, -0.05) is 0 Å². The third kappa shape index (κ3) is 2.37. The summed E-state index contributed by atoms with van der Waals surface area (Å²) in [4.78, 5) is 10.6.